The molecule has 1 amide bonds. The molecule has 1 heterocycles. The zero-order valence-electron chi connectivity index (χ0n) is 14.7. The average molecular weight is 468 g/mol. The number of carbonyl (C=O) groups excluding carboxylic acids is 1. The Morgan fingerprint density at radius 3 is 2.15 bits per heavy atom. The summed E-state index contributed by atoms with van der Waals surface area (Å²) < 4.78 is 3.00. The van der Waals surface area contributed by atoms with Gasteiger partial charge in [0.15, 0.2) is 5.43 Å². The average Bonchev–Trinajstić information content (AvgIpc) is 2.68. The van der Waals surface area contributed by atoms with Crippen LogP contribution in [0.1, 0.15) is 5.56 Å². The molecule has 0 unspecified atom stereocenters. The number of benzene rings is 3. The number of halogens is 1. The predicted molar refractivity (Wildman–Crippen MR) is 118 cm³/mol. The normalized spacial score (nSPS) is 11.0. The molecule has 0 aliphatic carbocycles. The Hall–Kier alpha value is -2.67. The van der Waals surface area contributed by atoms with E-state index < -0.39 is 0 Å². The van der Waals surface area contributed by atoms with Crippen LogP contribution < -0.4 is 10.7 Å². The van der Waals surface area contributed by atoms with Gasteiger partial charge in [-0.15, -0.1) is 0 Å². The summed E-state index contributed by atoms with van der Waals surface area (Å²) in [6.07, 6.45) is 0. The molecule has 3 aromatic carbocycles. The second-order valence-electron chi connectivity index (χ2n) is 6.46. The molecule has 0 aliphatic rings. The Kier molecular flexibility index (Phi) is 4.70. The molecule has 134 valence electrons. The summed E-state index contributed by atoms with van der Waals surface area (Å²) in [5.41, 5.74) is 3.45. The van der Waals surface area contributed by atoms with Gasteiger partial charge in [0.25, 0.3) is 0 Å². The molecule has 1 aromatic heterocycles. The number of aryl methyl sites for hydroxylation is 1. The lowest BCUT2D eigenvalue weighted by Crippen LogP contribution is -2.21. The van der Waals surface area contributed by atoms with Gasteiger partial charge < -0.3 is 9.88 Å². The van der Waals surface area contributed by atoms with Crippen LogP contribution >= 0.6 is 22.6 Å². The molecule has 0 fully saturated rings. The summed E-state index contributed by atoms with van der Waals surface area (Å²) >= 11 is 2.26. The predicted octanol–water partition coefficient (Wildman–Crippen LogP) is 4.71. The summed E-state index contributed by atoms with van der Waals surface area (Å²) in [6, 6.07) is 20.7. The number of rotatable bonds is 3. The lowest BCUT2D eigenvalue weighted by Gasteiger charge is -2.15. The van der Waals surface area contributed by atoms with Crippen LogP contribution in [0.25, 0.3) is 21.8 Å². The van der Waals surface area contributed by atoms with E-state index in [0.29, 0.717) is 10.8 Å². The maximum atomic E-state index is 12.8. The molecule has 4 aromatic rings. The number of aromatic nitrogens is 1. The molecule has 0 saturated heterocycles. The van der Waals surface area contributed by atoms with Crippen LogP contribution in [-0.2, 0) is 11.3 Å². The van der Waals surface area contributed by atoms with Crippen LogP contribution in [0, 0.1) is 10.5 Å². The molecule has 4 rings (SSSR count). The van der Waals surface area contributed by atoms with E-state index in [2.05, 4.69) is 27.9 Å². The van der Waals surface area contributed by atoms with Crippen molar-refractivity contribution in [3.8, 4) is 0 Å². The second-order valence-corrected chi connectivity index (χ2v) is 7.62. The van der Waals surface area contributed by atoms with Crippen molar-refractivity contribution in [3.63, 3.8) is 0 Å². The molecule has 0 aliphatic heterocycles. The van der Waals surface area contributed by atoms with E-state index in [9.17, 15) is 9.59 Å². The molecule has 0 spiro atoms. The van der Waals surface area contributed by atoms with Gasteiger partial charge in [0.05, 0.1) is 11.0 Å². The maximum absolute atomic E-state index is 12.8. The number of hydrogen-bond acceptors (Lipinski definition) is 2. The maximum Gasteiger partial charge on any atom is 0.244 e. The highest BCUT2D eigenvalue weighted by Crippen LogP contribution is 2.20. The van der Waals surface area contributed by atoms with E-state index >= 15 is 0 Å². The highest BCUT2D eigenvalue weighted by Gasteiger charge is 2.13. The van der Waals surface area contributed by atoms with Crippen LogP contribution in [-0.4, -0.2) is 10.5 Å². The van der Waals surface area contributed by atoms with Crippen LogP contribution in [0.5, 0.6) is 0 Å². The van der Waals surface area contributed by atoms with Crippen molar-refractivity contribution in [2.75, 3.05) is 5.32 Å². The fraction of sp³-hybridized carbons (Fsp3) is 0.0909. The van der Waals surface area contributed by atoms with Gasteiger partial charge in [-0.05, 0) is 71.5 Å². The number of fused-ring (bicyclic) bond motifs is 2. The summed E-state index contributed by atoms with van der Waals surface area (Å²) in [5.74, 6) is -0.131. The third kappa shape index (κ3) is 3.35. The molecule has 0 bridgehead atoms. The van der Waals surface area contributed by atoms with Crippen molar-refractivity contribution in [2.45, 2.75) is 13.5 Å². The monoisotopic (exact) mass is 468 g/mol. The Morgan fingerprint density at radius 2 is 1.56 bits per heavy atom. The van der Waals surface area contributed by atoms with Crippen LogP contribution in [0.15, 0.2) is 71.5 Å². The van der Waals surface area contributed by atoms with Gasteiger partial charge in [0, 0.05) is 20.0 Å². The molecule has 0 atom stereocenters. The van der Waals surface area contributed by atoms with Crippen molar-refractivity contribution >= 4 is 56.0 Å². The third-order valence-corrected chi connectivity index (χ3v) is 5.80. The summed E-state index contributed by atoms with van der Waals surface area (Å²) in [7, 11) is 0. The number of hydrogen-bond donors (Lipinski definition) is 1. The van der Waals surface area contributed by atoms with E-state index in [0.717, 1.165) is 20.3 Å². The summed E-state index contributed by atoms with van der Waals surface area (Å²) in [5, 5.41) is 4.20. The number of para-hydroxylation sites is 2. The molecular weight excluding hydrogens is 451 g/mol. The van der Waals surface area contributed by atoms with Gasteiger partial charge >= 0.3 is 0 Å². The minimum absolute atomic E-state index is 0.00838. The zero-order valence-corrected chi connectivity index (χ0v) is 16.9. The Labute approximate surface area is 170 Å². The SMILES string of the molecule is Cc1ccc(NC(=O)Cn2c3ccccc3c(=O)c3ccccc32)cc1I. The Bertz CT molecular complexity index is 1180. The number of anilines is 1. The Balaban J connectivity index is 1.78. The van der Waals surface area contributed by atoms with Gasteiger partial charge in [0.1, 0.15) is 6.54 Å². The lowest BCUT2D eigenvalue weighted by molar-refractivity contribution is -0.116. The van der Waals surface area contributed by atoms with Crippen molar-refractivity contribution in [2.24, 2.45) is 0 Å². The molecule has 0 radical (unpaired) electrons. The van der Waals surface area contributed by atoms with Gasteiger partial charge in [-0.2, -0.15) is 0 Å². The van der Waals surface area contributed by atoms with E-state index in [1.165, 1.54) is 5.56 Å². The van der Waals surface area contributed by atoms with Crippen LogP contribution in [0.4, 0.5) is 5.69 Å². The first-order valence-electron chi connectivity index (χ1n) is 8.61. The van der Waals surface area contributed by atoms with E-state index in [1.54, 1.807) is 12.1 Å². The molecule has 5 heteroatoms. The molecule has 4 nitrogen and oxygen atoms in total. The van der Waals surface area contributed by atoms with Gasteiger partial charge in [-0.3, -0.25) is 9.59 Å². The largest absolute Gasteiger partial charge is 0.331 e. The summed E-state index contributed by atoms with van der Waals surface area (Å²) in [4.78, 5) is 25.5. The molecule has 0 saturated carbocycles. The Morgan fingerprint density at radius 1 is 0.963 bits per heavy atom. The smallest absolute Gasteiger partial charge is 0.244 e. The number of pyridine rings is 1. The quantitative estimate of drug-likeness (QED) is 0.350. The van der Waals surface area contributed by atoms with Crippen LogP contribution in [0.2, 0.25) is 0 Å². The van der Waals surface area contributed by atoms with Gasteiger partial charge in [-0.1, -0.05) is 30.3 Å². The minimum Gasteiger partial charge on any atom is -0.331 e. The van der Waals surface area contributed by atoms with Crippen molar-refractivity contribution < 1.29 is 4.79 Å². The first-order chi connectivity index (χ1) is 13.0. The van der Waals surface area contributed by atoms with Gasteiger partial charge in [0.2, 0.25) is 5.91 Å². The number of amides is 1. The van der Waals surface area contributed by atoms with E-state index in [-0.39, 0.29) is 17.9 Å². The van der Waals surface area contributed by atoms with E-state index in [4.69, 9.17) is 0 Å². The standard InChI is InChI=1S/C22H17IN2O2/c1-14-10-11-15(12-18(14)23)24-21(26)13-25-19-8-4-2-6-16(19)22(27)17-7-3-5-9-20(17)25/h2-12H,13H2,1H3,(H,24,26). The second kappa shape index (κ2) is 7.15. The molecule has 27 heavy (non-hydrogen) atoms. The fourth-order valence-electron chi connectivity index (χ4n) is 3.26. The minimum atomic E-state index is -0.131. The first-order valence-corrected chi connectivity index (χ1v) is 9.69. The zero-order chi connectivity index (χ0) is 19.0. The fourth-order valence-corrected chi connectivity index (χ4v) is 3.78. The summed E-state index contributed by atoms with van der Waals surface area (Å²) in [6.45, 7) is 2.16. The lowest BCUT2D eigenvalue weighted by atomic mass is 10.1. The third-order valence-electron chi connectivity index (χ3n) is 4.64. The van der Waals surface area contributed by atoms with E-state index in [1.807, 2.05) is 66.1 Å². The van der Waals surface area contributed by atoms with Gasteiger partial charge in [-0.25, -0.2) is 0 Å². The number of nitrogens with zero attached hydrogens (tertiary/aromatic N) is 1. The highest BCUT2D eigenvalue weighted by molar-refractivity contribution is 14.1. The highest BCUT2D eigenvalue weighted by atomic mass is 127. The molecular formula is C22H17IN2O2. The van der Waals surface area contributed by atoms with Crippen LogP contribution in [0.3, 0.4) is 0 Å². The van der Waals surface area contributed by atoms with Crippen molar-refractivity contribution in [1.82, 2.24) is 4.57 Å². The first kappa shape index (κ1) is 17.7. The number of nitrogens with one attached hydrogen (secondary N) is 1. The molecule has 1 N–H and O–H groups in total. The topological polar surface area (TPSA) is 51.1 Å². The van der Waals surface area contributed by atoms with Crippen molar-refractivity contribution in [3.05, 3.63) is 86.1 Å². The van der Waals surface area contributed by atoms with Crippen molar-refractivity contribution in [1.29, 1.82) is 0 Å². The number of carbonyl (C=O) groups is 1.